The Balaban J connectivity index is 1.82. The smallest absolute Gasteiger partial charge is 0.477 e. The van der Waals surface area contributed by atoms with Crippen LogP contribution in [0.25, 0.3) is 0 Å². The summed E-state index contributed by atoms with van der Waals surface area (Å²) in [4.78, 5) is 13.9. The monoisotopic (exact) mass is 592 g/mol. The van der Waals surface area contributed by atoms with E-state index in [1.54, 1.807) is 74.9 Å². The summed E-state index contributed by atoms with van der Waals surface area (Å²) in [6.45, 7) is 4.61. The van der Waals surface area contributed by atoms with Crippen LogP contribution in [0, 0.1) is 0 Å². The minimum absolute atomic E-state index is 0.235. The van der Waals surface area contributed by atoms with E-state index in [4.69, 9.17) is 28.4 Å². The lowest BCUT2D eigenvalue weighted by molar-refractivity contribution is -0.291. The number of unbranched alkanes of at least 4 members (excludes halogenated alkanes) is 8. The van der Waals surface area contributed by atoms with Gasteiger partial charge in [0.1, 0.15) is 28.7 Å². The van der Waals surface area contributed by atoms with E-state index in [0.717, 1.165) is 38.5 Å². The zero-order valence-corrected chi connectivity index (χ0v) is 26.3. The first-order valence-electron chi connectivity index (χ1n) is 15.6. The van der Waals surface area contributed by atoms with Crippen LogP contribution in [-0.2, 0) is 16.0 Å². The molecular formula is C36H48O7. The molecule has 3 aromatic carbocycles. The summed E-state index contributed by atoms with van der Waals surface area (Å²) in [5.74, 6) is -0.628. The molecular weight excluding hydrogens is 544 g/mol. The van der Waals surface area contributed by atoms with Gasteiger partial charge in [-0.2, -0.15) is 0 Å². The molecule has 3 aromatic rings. The molecule has 0 aliphatic carbocycles. The van der Waals surface area contributed by atoms with Crippen molar-refractivity contribution in [2.24, 2.45) is 0 Å². The summed E-state index contributed by atoms with van der Waals surface area (Å²) in [7, 11) is 3.17. The van der Waals surface area contributed by atoms with Crippen molar-refractivity contribution in [3.05, 3.63) is 78.4 Å². The Hall–Kier alpha value is -3.71. The number of ether oxygens (including phenoxy) is 6. The van der Waals surface area contributed by atoms with Crippen molar-refractivity contribution in [1.29, 1.82) is 0 Å². The number of rotatable bonds is 21. The molecule has 0 atom stereocenters. The highest BCUT2D eigenvalue weighted by Crippen LogP contribution is 2.30. The van der Waals surface area contributed by atoms with E-state index < -0.39 is 11.9 Å². The van der Waals surface area contributed by atoms with Crippen LogP contribution in [0.2, 0.25) is 0 Å². The van der Waals surface area contributed by atoms with E-state index in [-0.39, 0.29) is 6.61 Å². The fraction of sp³-hybridized carbons (Fsp3) is 0.472. The van der Waals surface area contributed by atoms with E-state index in [1.165, 1.54) is 37.7 Å². The number of carbonyl (C=O) groups is 1. The van der Waals surface area contributed by atoms with Gasteiger partial charge in [0.05, 0.1) is 20.8 Å². The fourth-order valence-corrected chi connectivity index (χ4v) is 4.56. The summed E-state index contributed by atoms with van der Waals surface area (Å²) < 4.78 is 35.0. The van der Waals surface area contributed by atoms with Gasteiger partial charge in [-0.25, -0.2) is 4.79 Å². The number of hydrogen-bond donors (Lipinski definition) is 0. The minimum Gasteiger partial charge on any atom is -0.497 e. The summed E-state index contributed by atoms with van der Waals surface area (Å²) in [5.41, 5.74) is 1.21. The second kappa shape index (κ2) is 18.7. The number of hydrogen-bond acceptors (Lipinski definition) is 7. The number of benzene rings is 3. The molecule has 0 saturated carbocycles. The molecule has 0 aromatic heterocycles. The van der Waals surface area contributed by atoms with Gasteiger partial charge in [0.2, 0.25) is 0 Å². The fourth-order valence-electron chi connectivity index (χ4n) is 4.56. The maximum absolute atomic E-state index is 13.9. The molecule has 0 saturated heterocycles. The summed E-state index contributed by atoms with van der Waals surface area (Å²) in [5, 5.41) is 0. The molecule has 0 spiro atoms. The van der Waals surface area contributed by atoms with Gasteiger partial charge in [-0.1, -0.05) is 77.3 Å². The van der Waals surface area contributed by atoms with Gasteiger partial charge >= 0.3 is 11.9 Å². The second-order valence-electron chi connectivity index (χ2n) is 10.6. The molecule has 0 N–H and O–H groups in total. The van der Waals surface area contributed by atoms with Gasteiger partial charge in [0.25, 0.3) is 0 Å². The largest absolute Gasteiger partial charge is 0.497 e. The molecule has 7 nitrogen and oxygen atoms in total. The lowest BCUT2D eigenvalue weighted by Crippen LogP contribution is -2.55. The molecule has 0 fully saturated rings. The van der Waals surface area contributed by atoms with Crippen LogP contribution >= 0.6 is 0 Å². The second-order valence-corrected chi connectivity index (χ2v) is 10.6. The van der Waals surface area contributed by atoms with Gasteiger partial charge in [0.15, 0.2) is 0 Å². The molecule has 7 heteroatoms. The van der Waals surface area contributed by atoms with E-state index >= 15 is 0 Å². The Morgan fingerprint density at radius 1 is 0.558 bits per heavy atom. The first-order valence-corrected chi connectivity index (χ1v) is 15.6. The van der Waals surface area contributed by atoms with Crippen molar-refractivity contribution in [2.45, 2.75) is 90.4 Å². The third-order valence-corrected chi connectivity index (χ3v) is 7.12. The quantitative estimate of drug-likeness (QED) is 0.0529. The van der Waals surface area contributed by atoms with Crippen LogP contribution in [0.3, 0.4) is 0 Å². The highest BCUT2D eigenvalue weighted by molar-refractivity contribution is 5.79. The van der Waals surface area contributed by atoms with Gasteiger partial charge in [-0.05, 0) is 85.5 Å². The van der Waals surface area contributed by atoms with Crippen LogP contribution in [0.1, 0.15) is 83.6 Å². The van der Waals surface area contributed by atoms with Crippen molar-refractivity contribution in [1.82, 2.24) is 0 Å². The summed E-state index contributed by atoms with van der Waals surface area (Å²) >= 11 is 0. The lowest BCUT2D eigenvalue weighted by atomic mass is 10.0. The molecule has 0 aliphatic heterocycles. The van der Waals surface area contributed by atoms with Crippen LogP contribution in [-0.4, -0.2) is 32.8 Å². The molecule has 3 rings (SSSR count). The van der Waals surface area contributed by atoms with E-state index in [2.05, 4.69) is 13.8 Å². The molecule has 234 valence electrons. The molecule has 0 unspecified atom stereocenters. The molecule has 43 heavy (non-hydrogen) atoms. The molecule has 0 amide bonds. The van der Waals surface area contributed by atoms with E-state index in [0.29, 0.717) is 28.7 Å². The standard InChI is InChI=1S/C36H48O7/c1-5-7-9-11-12-13-15-29-16-18-32(19-17-29)41-35(37)36(40-28-14-10-8-6-2,42-33-24-20-30(38-3)21-25-33)43-34-26-22-31(39-4)23-27-34/h16-27H,5-15,28H2,1-4H3. The van der Waals surface area contributed by atoms with Gasteiger partial charge < -0.3 is 23.7 Å². The highest BCUT2D eigenvalue weighted by Gasteiger charge is 2.49. The third-order valence-electron chi connectivity index (χ3n) is 7.12. The van der Waals surface area contributed by atoms with Crippen molar-refractivity contribution in [3.8, 4) is 28.7 Å². The van der Waals surface area contributed by atoms with E-state index in [9.17, 15) is 4.79 Å². The minimum atomic E-state index is -2.20. The number of esters is 1. The third kappa shape index (κ3) is 11.5. The molecule has 0 heterocycles. The Labute approximate surface area is 257 Å². The predicted octanol–water partition coefficient (Wildman–Crippen LogP) is 8.92. The van der Waals surface area contributed by atoms with Gasteiger partial charge in [-0.3, -0.25) is 4.74 Å². The zero-order valence-electron chi connectivity index (χ0n) is 26.3. The summed E-state index contributed by atoms with van der Waals surface area (Å²) in [6.07, 6.45) is 12.3. The Bertz CT molecular complexity index is 1120. The first kappa shape index (κ1) is 33.8. The van der Waals surface area contributed by atoms with Gasteiger partial charge in [0, 0.05) is 0 Å². The van der Waals surface area contributed by atoms with Crippen molar-refractivity contribution >= 4 is 5.97 Å². The normalized spacial score (nSPS) is 11.2. The molecule has 0 bridgehead atoms. The number of carbonyl (C=O) groups excluding carboxylic acids is 1. The SMILES string of the molecule is CCCCCCCCc1ccc(OC(=O)C(OCCCCCC)(Oc2ccc(OC)cc2)Oc2ccc(OC)cc2)cc1. The van der Waals surface area contributed by atoms with Crippen molar-refractivity contribution in [3.63, 3.8) is 0 Å². The maximum Gasteiger partial charge on any atom is 0.477 e. The zero-order chi connectivity index (χ0) is 30.8. The highest BCUT2D eigenvalue weighted by atomic mass is 16.9. The topological polar surface area (TPSA) is 72.5 Å². The number of methoxy groups -OCH3 is 2. The van der Waals surface area contributed by atoms with Gasteiger partial charge in [-0.15, -0.1) is 0 Å². The predicted molar refractivity (Wildman–Crippen MR) is 169 cm³/mol. The average Bonchev–Trinajstić information content (AvgIpc) is 3.04. The maximum atomic E-state index is 13.9. The van der Waals surface area contributed by atoms with E-state index in [1.807, 2.05) is 12.1 Å². The molecule has 0 radical (unpaired) electrons. The van der Waals surface area contributed by atoms with Crippen molar-refractivity contribution < 1.29 is 33.2 Å². The van der Waals surface area contributed by atoms with Crippen LogP contribution in [0.15, 0.2) is 72.8 Å². The Morgan fingerprint density at radius 3 is 1.51 bits per heavy atom. The molecule has 0 aliphatic rings. The summed E-state index contributed by atoms with van der Waals surface area (Å²) in [6, 6.07) is 21.3. The van der Waals surface area contributed by atoms with Crippen LogP contribution in [0.4, 0.5) is 0 Å². The van der Waals surface area contributed by atoms with Crippen LogP contribution < -0.4 is 23.7 Å². The lowest BCUT2D eigenvalue weighted by Gasteiger charge is -2.31. The van der Waals surface area contributed by atoms with Crippen molar-refractivity contribution in [2.75, 3.05) is 20.8 Å². The van der Waals surface area contributed by atoms with Crippen LogP contribution in [0.5, 0.6) is 28.7 Å². The Kier molecular flexibility index (Phi) is 14.7. The Morgan fingerprint density at radius 2 is 1.00 bits per heavy atom. The number of aryl methyl sites for hydroxylation is 1. The first-order chi connectivity index (χ1) is 21.0. The average molecular weight is 593 g/mol.